The van der Waals surface area contributed by atoms with Gasteiger partial charge in [-0.25, -0.2) is 14.1 Å². The zero-order valence-corrected chi connectivity index (χ0v) is 24.4. The molecule has 11 heteroatoms. The van der Waals surface area contributed by atoms with Gasteiger partial charge in [0.1, 0.15) is 29.3 Å². The number of fused-ring (bicyclic) bond motifs is 1. The molecule has 42 heavy (non-hydrogen) atoms. The summed E-state index contributed by atoms with van der Waals surface area (Å²) in [5.41, 5.74) is 2.34. The van der Waals surface area contributed by atoms with Crippen molar-refractivity contribution in [3.8, 4) is 16.3 Å². The van der Waals surface area contributed by atoms with Gasteiger partial charge in [0.25, 0.3) is 11.5 Å². The van der Waals surface area contributed by atoms with E-state index in [9.17, 15) is 14.0 Å². The van der Waals surface area contributed by atoms with Crippen LogP contribution in [0.1, 0.15) is 44.4 Å². The molecule has 9 nitrogen and oxygen atoms in total. The lowest BCUT2D eigenvalue weighted by molar-refractivity contribution is -0.133. The Labute approximate surface area is 245 Å². The first kappa shape index (κ1) is 27.5. The Kier molecular flexibility index (Phi) is 6.97. The molecule has 4 heterocycles. The Hall–Kier alpha value is -4.64. The van der Waals surface area contributed by atoms with Crippen molar-refractivity contribution in [1.29, 1.82) is 0 Å². The minimum Gasteiger partial charge on any atom is -0.497 e. The highest BCUT2D eigenvalue weighted by molar-refractivity contribution is 7.13. The van der Waals surface area contributed by atoms with Gasteiger partial charge in [-0.15, -0.1) is 11.3 Å². The van der Waals surface area contributed by atoms with E-state index in [1.807, 2.05) is 62.5 Å². The molecule has 0 N–H and O–H groups in total. The van der Waals surface area contributed by atoms with E-state index in [2.05, 4.69) is 10.2 Å². The molecule has 0 fully saturated rings. The van der Waals surface area contributed by atoms with Gasteiger partial charge in [-0.3, -0.25) is 14.3 Å². The number of halogens is 1. The number of hydrazone groups is 1. The predicted octanol–water partition coefficient (Wildman–Crippen LogP) is 5.60. The summed E-state index contributed by atoms with van der Waals surface area (Å²) in [4.78, 5) is 28.7. The zero-order valence-electron chi connectivity index (χ0n) is 23.6. The summed E-state index contributed by atoms with van der Waals surface area (Å²) in [6.07, 6.45) is 2.08. The van der Waals surface area contributed by atoms with Crippen LogP contribution in [0.25, 0.3) is 21.5 Å². The topological polar surface area (TPSA) is 94.6 Å². The fourth-order valence-corrected chi connectivity index (χ4v) is 5.85. The van der Waals surface area contributed by atoms with E-state index in [4.69, 9.17) is 9.84 Å². The highest BCUT2D eigenvalue weighted by Crippen LogP contribution is 2.34. The summed E-state index contributed by atoms with van der Waals surface area (Å²) in [6, 6.07) is 16.8. The quantitative estimate of drug-likeness (QED) is 0.259. The number of amides is 1. The molecule has 0 saturated carbocycles. The molecular formula is C31H29FN6O3S. The third kappa shape index (κ3) is 5.00. The Balaban J connectivity index is 1.42. The van der Waals surface area contributed by atoms with Crippen molar-refractivity contribution in [2.45, 2.75) is 45.3 Å². The zero-order chi connectivity index (χ0) is 29.6. The third-order valence-corrected chi connectivity index (χ3v) is 8.08. The molecule has 0 bridgehead atoms. The smallest absolute Gasteiger partial charge is 0.293 e. The van der Waals surface area contributed by atoms with Crippen molar-refractivity contribution >= 4 is 33.9 Å². The summed E-state index contributed by atoms with van der Waals surface area (Å²) in [5, 5.41) is 17.8. The second-order valence-electron chi connectivity index (χ2n) is 11.1. The van der Waals surface area contributed by atoms with Gasteiger partial charge in [0.05, 0.1) is 40.9 Å². The van der Waals surface area contributed by atoms with Gasteiger partial charge in [0.15, 0.2) is 0 Å². The van der Waals surface area contributed by atoms with Crippen molar-refractivity contribution < 1.29 is 13.9 Å². The number of rotatable bonds is 6. The van der Waals surface area contributed by atoms with Crippen molar-refractivity contribution in [2.24, 2.45) is 5.10 Å². The number of hydrogen-bond acceptors (Lipinski definition) is 7. The largest absolute Gasteiger partial charge is 0.497 e. The number of thiophene rings is 1. The van der Waals surface area contributed by atoms with Crippen LogP contribution in [0.15, 0.2) is 82.1 Å². The lowest BCUT2D eigenvalue weighted by atomic mass is 9.98. The van der Waals surface area contributed by atoms with Crippen molar-refractivity contribution in [3.63, 3.8) is 0 Å². The number of nitrogens with zero attached hydrogens (tertiary/aromatic N) is 6. The third-order valence-electron chi connectivity index (χ3n) is 7.20. The Morgan fingerprint density at radius 1 is 1.10 bits per heavy atom. The van der Waals surface area contributed by atoms with E-state index in [-0.39, 0.29) is 12.4 Å². The molecule has 1 atom stereocenters. The van der Waals surface area contributed by atoms with Crippen LogP contribution in [0.4, 0.5) is 4.39 Å². The Morgan fingerprint density at radius 2 is 1.83 bits per heavy atom. The Bertz CT molecular complexity index is 1850. The average molecular weight is 585 g/mol. The van der Waals surface area contributed by atoms with Gasteiger partial charge in [0.2, 0.25) is 0 Å². The van der Waals surface area contributed by atoms with Gasteiger partial charge in [-0.1, -0.05) is 18.2 Å². The molecular weight excluding hydrogens is 555 g/mol. The van der Waals surface area contributed by atoms with Gasteiger partial charge in [-0.05, 0) is 79.7 Å². The van der Waals surface area contributed by atoms with Crippen LogP contribution in [-0.2, 0) is 16.9 Å². The second-order valence-corrected chi connectivity index (χ2v) is 12.0. The standard InChI is InChI=1S/C31H29FN6O3S/c1-31(2,3)38-29-23(17-33-38)28(26-6-5-15-42-26)35-36(30(29)40)18-27(39)37-25(20-7-11-21(32)12-8-20)16-24(34-37)19-9-13-22(41-4)14-10-19/h5-15,17,25H,16,18H2,1-4H3. The first-order valence-electron chi connectivity index (χ1n) is 13.5. The number of aromatic nitrogens is 4. The molecule has 0 radical (unpaired) electrons. The maximum absolute atomic E-state index is 14.0. The maximum atomic E-state index is 14.0. The van der Waals surface area contributed by atoms with Gasteiger partial charge >= 0.3 is 0 Å². The van der Waals surface area contributed by atoms with E-state index in [1.54, 1.807) is 30.1 Å². The van der Waals surface area contributed by atoms with E-state index >= 15 is 0 Å². The van der Waals surface area contributed by atoms with Crippen LogP contribution in [0.2, 0.25) is 0 Å². The summed E-state index contributed by atoms with van der Waals surface area (Å²) >= 11 is 1.49. The number of methoxy groups -OCH3 is 1. The molecule has 0 aliphatic carbocycles. The number of hydrogen-bond donors (Lipinski definition) is 0. The number of ether oxygens (including phenoxy) is 1. The number of carbonyl (C=O) groups excluding carboxylic acids is 1. The van der Waals surface area contributed by atoms with Crippen molar-refractivity contribution in [1.82, 2.24) is 24.6 Å². The van der Waals surface area contributed by atoms with Gasteiger partial charge < -0.3 is 4.74 Å². The molecule has 1 aliphatic heterocycles. The fraction of sp³-hybridized carbons (Fsp3) is 0.258. The summed E-state index contributed by atoms with van der Waals surface area (Å²) in [5.74, 6) is -0.0791. The lowest BCUT2D eigenvalue weighted by Gasteiger charge is -2.23. The monoisotopic (exact) mass is 584 g/mol. The molecule has 0 saturated heterocycles. The van der Waals surface area contributed by atoms with E-state index in [0.717, 1.165) is 16.0 Å². The highest BCUT2D eigenvalue weighted by atomic mass is 32.1. The normalized spacial score (nSPS) is 15.3. The first-order chi connectivity index (χ1) is 20.1. The van der Waals surface area contributed by atoms with Crippen LogP contribution in [-0.4, -0.2) is 43.3 Å². The summed E-state index contributed by atoms with van der Waals surface area (Å²) < 4.78 is 21.9. The van der Waals surface area contributed by atoms with Gasteiger partial charge in [0, 0.05) is 6.42 Å². The molecule has 0 spiro atoms. The predicted molar refractivity (Wildman–Crippen MR) is 160 cm³/mol. The molecule has 3 aromatic heterocycles. The molecule has 214 valence electrons. The van der Waals surface area contributed by atoms with Crippen LogP contribution in [0, 0.1) is 5.82 Å². The van der Waals surface area contributed by atoms with Crippen molar-refractivity contribution in [2.75, 3.05) is 7.11 Å². The van der Waals surface area contributed by atoms with E-state index in [1.165, 1.54) is 33.2 Å². The fourth-order valence-electron chi connectivity index (χ4n) is 5.12. The minimum absolute atomic E-state index is 0.334. The molecule has 5 aromatic rings. The van der Waals surface area contributed by atoms with Gasteiger partial charge in [-0.2, -0.15) is 15.3 Å². The van der Waals surface area contributed by atoms with E-state index in [0.29, 0.717) is 34.5 Å². The Morgan fingerprint density at radius 3 is 2.48 bits per heavy atom. The summed E-state index contributed by atoms with van der Waals surface area (Å²) in [7, 11) is 1.60. The number of carbonyl (C=O) groups is 1. The SMILES string of the molecule is COc1ccc(C2=NN(C(=O)Cn3nc(-c4cccs4)c4cnn(C(C)(C)C)c4c3=O)C(c3ccc(F)cc3)C2)cc1. The lowest BCUT2D eigenvalue weighted by Crippen LogP contribution is -2.36. The van der Waals surface area contributed by atoms with Crippen molar-refractivity contribution in [3.05, 3.63) is 99.5 Å². The number of benzene rings is 2. The van der Waals surface area contributed by atoms with Crippen LogP contribution >= 0.6 is 11.3 Å². The summed E-state index contributed by atoms with van der Waals surface area (Å²) in [6.45, 7) is 5.56. The van der Waals surface area contributed by atoms with Crippen LogP contribution in [0.3, 0.4) is 0 Å². The van der Waals surface area contributed by atoms with Crippen LogP contribution < -0.4 is 10.3 Å². The molecule has 1 amide bonds. The minimum atomic E-state index is -0.480. The molecule has 2 aromatic carbocycles. The molecule has 1 unspecified atom stereocenters. The molecule has 6 rings (SSSR count). The highest BCUT2D eigenvalue weighted by Gasteiger charge is 2.34. The second kappa shape index (κ2) is 10.6. The van der Waals surface area contributed by atoms with Crippen LogP contribution in [0.5, 0.6) is 5.75 Å². The average Bonchev–Trinajstić information content (AvgIpc) is 3.75. The maximum Gasteiger partial charge on any atom is 0.293 e. The molecule has 1 aliphatic rings. The first-order valence-corrected chi connectivity index (χ1v) is 14.3. The van der Waals surface area contributed by atoms with E-state index < -0.39 is 23.0 Å².